The number of carbonyl (C=O) groups excluding carboxylic acids is 1. The molecular formula is C12H18N2O3. The highest BCUT2D eigenvalue weighted by atomic mass is 16.5. The number of carbonyl (C=O) groups is 1. The second-order valence-corrected chi connectivity index (χ2v) is 4.25. The fourth-order valence-corrected chi connectivity index (χ4v) is 2.26. The van der Waals surface area contributed by atoms with Gasteiger partial charge in [-0.3, -0.25) is 4.79 Å². The maximum absolute atomic E-state index is 12.2. The quantitative estimate of drug-likeness (QED) is 0.848. The third kappa shape index (κ3) is 2.50. The SMILES string of the molecule is COC1CCN(C(=O)c2ccco2)C(CN)C1. The number of hydrogen-bond acceptors (Lipinski definition) is 4. The molecule has 1 saturated heterocycles. The molecule has 2 unspecified atom stereocenters. The van der Waals surface area contributed by atoms with Gasteiger partial charge in [0.25, 0.3) is 5.91 Å². The molecule has 0 radical (unpaired) electrons. The van der Waals surface area contributed by atoms with Gasteiger partial charge in [-0.05, 0) is 25.0 Å². The van der Waals surface area contributed by atoms with Crippen LogP contribution < -0.4 is 5.73 Å². The molecule has 0 aliphatic carbocycles. The van der Waals surface area contributed by atoms with Crippen molar-refractivity contribution in [3.05, 3.63) is 24.2 Å². The summed E-state index contributed by atoms with van der Waals surface area (Å²) >= 11 is 0. The normalized spacial score (nSPS) is 24.9. The van der Waals surface area contributed by atoms with Crippen molar-refractivity contribution in [1.82, 2.24) is 4.90 Å². The number of piperidine rings is 1. The Morgan fingerprint density at radius 1 is 1.71 bits per heavy atom. The van der Waals surface area contributed by atoms with Gasteiger partial charge in [0, 0.05) is 26.2 Å². The number of amides is 1. The molecule has 1 aliphatic rings. The van der Waals surface area contributed by atoms with Crippen LogP contribution in [-0.4, -0.2) is 43.2 Å². The zero-order valence-electron chi connectivity index (χ0n) is 9.96. The molecule has 1 aromatic heterocycles. The number of furan rings is 1. The molecule has 2 atom stereocenters. The zero-order chi connectivity index (χ0) is 12.3. The molecule has 5 heteroatoms. The smallest absolute Gasteiger partial charge is 0.289 e. The molecule has 1 aromatic rings. The van der Waals surface area contributed by atoms with Gasteiger partial charge in [0.15, 0.2) is 5.76 Å². The fraction of sp³-hybridized carbons (Fsp3) is 0.583. The summed E-state index contributed by atoms with van der Waals surface area (Å²) in [6.07, 6.45) is 3.34. The second kappa shape index (κ2) is 5.33. The van der Waals surface area contributed by atoms with Gasteiger partial charge in [-0.2, -0.15) is 0 Å². The average Bonchev–Trinajstić information content (AvgIpc) is 2.91. The minimum atomic E-state index is -0.0833. The highest BCUT2D eigenvalue weighted by Gasteiger charge is 2.32. The van der Waals surface area contributed by atoms with Crippen molar-refractivity contribution < 1.29 is 13.9 Å². The zero-order valence-corrected chi connectivity index (χ0v) is 9.96. The van der Waals surface area contributed by atoms with Gasteiger partial charge in [-0.25, -0.2) is 0 Å². The molecule has 94 valence electrons. The van der Waals surface area contributed by atoms with E-state index in [2.05, 4.69) is 0 Å². The van der Waals surface area contributed by atoms with Crippen LogP contribution in [0.1, 0.15) is 23.4 Å². The lowest BCUT2D eigenvalue weighted by atomic mass is 9.99. The molecule has 5 nitrogen and oxygen atoms in total. The van der Waals surface area contributed by atoms with Crippen LogP contribution in [0.3, 0.4) is 0 Å². The van der Waals surface area contributed by atoms with E-state index in [4.69, 9.17) is 14.9 Å². The number of ether oxygens (including phenoxy) is 1. The van der Waals surface area contributed by atoms with Gasteiger partial charge in [0.05, 0.1) is 12.4 Å². The van der Waals surface area contributed by atoms with Crippen molar-refractivity contribution in [3.8, 4) is 0 Å². The minimum Gasteiger partial charge on any atom is -0.459 e. The van der Waals surface area contributed by atoms with Gasteiger partial charge in [0.1, 0.15) is 0 Å². The molecule has 1 fully saturated rings. The fourth-order valence-electron chi connectivity index (χ4n) is 2.26. The number of methoxy groups -OCH3 is 1. The lowest BCUT2D eigenvalue weighted by molar-refractivity contribution is 0.0124. The number of likely N-dealkylation sites (tertiary alicyclic amines) is 1. The molecule has 1 aliphatic heterocycles. The lowest BCUT2D eigenvalue weighted by Crippen LogP contribution is -2.51. The van der Waals surface area contributed by atoms with Gasteiger partial charge >= 0.3 is 0 Å². The topological polar surface area (TPSA) is 68.7 Å². The van der Waals surface area contributed by atoms with E-state index in [0.717, 1.165) is 12.8 Å². The summed E-state index contributed by atoms with van der Waals surface area (Å²) in [7, 11) is 1.70. The molecule has 0 saturated carbocycles. The van der Waals surface area contributed by atoms with E-state index in [-0.39, 0.29) is 18.1 Å². The van der Waals surface area contributed by atoms with E-state index in [1.165, 1.54) is 6.26 Å². The average molecular weight is 238 g/mol. The predicted molar refractivity (Wildman–Crippen MR) is 62.6 cm³/mol. The van der Waals surface area contributed by atoms with Gasteiger partial charge < -0.3 is 19.8 Å². The monoisotopic (exact) mass is 238 g/mol. The van der Waals surface area contributed by atoms with E-state index in [0.29, 0.717) is 18.8 Å². The molecular weight excluding hydrogens is 220 g/mol. The Morgan fingerprint density at radius 3 is 3.12 bits per heavy atom. The molecule has 2 heterocycles. The van der Waals surface area contributed by atoms with Crippen LogP contribution in [-0.2, 0) is 4.74 Å². The van der Waals surface area contributed by atoms with E-state index in [9.17, 15) is 4.79 Å². The predicted octanol–water partition coefficient (Wildman–Crippen LogP) is 0.858. The molecule has 17 heavy (non-hydrogen) atoms. The van der Waals surface area contributed by atoms with Gasteiger partial charge in [-0.1, -0.05) is 0 Å². The van der Waals surface area contributed by atoms with E-state index in [1.807, 2.05) is 0 Å². The summed E-state index contributed by atoms with van der Waals surface area (Å²) in [6.45, 7) is 1.12. The molecule has 0 bridgehead atoms. The van der Waals surface area contributed by atoms with Crippen LogP contribution in [0.2, 0.25) is 0 Å². The lowest BCUT2D eigenvalue weighted by Gasteiger charge is -2.37. The number of nitrogens with two attached hydrogens (primary N) is 1. The molecule has 0 aromatic carbocycles. The Bertz CT molecular complexity index is 364. The maximum atomic E-state index is 12.2. The third-order valence-electron chi connectivity index (χ3n) is 3.27. The van der Waals surface area contributed by atoms with E-state index < -0.39 is 0 Å². The molecule has 2 N–H and O–H groups in total. The van der Waals surface area contributed by atoms with E-state index in [1.54, 1.807) is 24.1 Å². The number of nitrogens with zero attached hydrogens (tertiary/aromatic N) is 1. The maximum Gasteiger partial charge on any atom is 0.289 e. The Balaban J connectivity index is 2.07. The first kappa shape index (κ1) is 12.1. The van der Waals surface area contributed by atoms with Crippen molar-refractivity contribution >= 4 is 5.91 Å². The first-order valence-electron chi connectivity index (χ1n) is 5.83. The molecule has 1 amide bonds. The summed E-state index contributed by atoms with van der Waals surface area (Å²) in [5.74, 6) is 0.291. The van der Waals surface area contributed by atoms with Crippen molar-refractivity contribution in [2.75, 3.05) is 20.2 Å². The van der Waals surface area contributed by atoms with E-state index >= 15 is 0 Å². The Hall–Kier alpha value is -1.33. The summed E-state index contributed by atoms with van der Waals surface area (Å²) in [5, 5.41) is 0. The molecule has 0 spiro atoms. The molecule has 2 rings (SSSR count). The summed E-state index contributed by atoms with van der Waals surface area (Å²) < 4.78 is 10.5. The standard InChI is InChI=1S/C12H18N2O3/c1-16-10-4-5-14(9(7-10)8-13)12(15)11-3-2-6-17-11/h2-3,6,9-10H,4-5,7-8,13H2,1H3. The second-order valence-electron chi connectivity index (χ2n) is 4.25. The van der Waals surface area contributed by atoms with Crippen molar-refractivity contribution in [2.45, 2.75) is 25.0 Å². The van der Waals surface area contributed by atoms with Crippen molar-refractivity contribution in [1.29, 1.82) is 0 Å². The Labute approximate surface area is 101 Å². The van der Waals surface area contributed by atoms with Gasteiger partial charge in [0.2, 0.25) is 0 Å². The summed E-state index contributed by atoms with van der Waals surface area (Å²) in [5.41, 5.74) is 5.72. The van der Waals surface area contributed by atoms with Crippen LogP contribution in [0, 0.1) is 0 Å². The largest absolute Gasteiger partial charge is 0.459 e. The Kier molecular flexibility index (Phi) is 3.81. The Morgan fingerprint density at radius 2 is 2.53 bits per heavy atom. The van der Waals surface area contributed by atoms with Crippen molar-refractivity contribution in [3.63, 3.8) is 0 Å². The van der Waals surface area contributed by atoms with Crippen LogP contribution in [0.15, 0.2) is 22.8 Å². The summed E-state index contributed by atoms with van der Waals surface area (Å²) in [6, 6.07) is 3.43. The van der Waals surface area contributed by atoms with Crippen LogP contribution in [0.4, 0.5) is 0 Å². The highest BCUT2D eigenvalue weighted by Crippen LogP contribution is 2.21. The number of hydrogen-bond donors (Lipinski definition) is 1. The van der Waals surface area contributed by atoms with Crippen LogP contribution in [0.25, 0.3) is 0 Å². The summed E-state index contributed by atoms with van der Waals surface area (Å²) in [4.78, 5) is 13.9. The number of rotatable bonds is 3. The minimum absolute atomic E-state index is 0.0336. The first-order valence-corrected chi connectivity index (χ1v) is 5.83. The van der Waals surface area contributed by atoms with Crippen molar-refractivity contribution in [2.24, 2.45) is 5.73 Å². The van der Waals surface area contributed by atoms with Gasteiger partial charge in [-0.15, -0.1) is 0 Å². The highest BCUT2D eigenvalue weighted by molar-refractivity contribution is 5.91. The van der Waals surface area contributed by atoms with Crippen LogP contribution in [0.5, 0.6) is 0 Å². The third-order valence-corrected chi connectivity index (χ3v) is 3.27. The first-order chi connectivity index (χ1) is 8.26. The van der Waals surface area contributed by atoms with Crippen LogP contribution >= 0.6 is 0 Å².